The molecular weight excluding hydrogens is 298 g/mol. The van der Waals surface area contributed by atoms with E-state index in [1.54, 1.807) is 0 Å². The molecule has 0 aliphatic carbocycles. The Morgan fingerprint density at radius 1 is 1.17 bits per heavy atom. The molecule has 1 aliphatic rings. The summed E-state index contributed by atoms with van der Waals surface area (Å²) in [4.78, 5) is 5.03. The van der Waals surface area contributed by atoms with Crippen LogP contribution in [0.5, 0.6) is 0 Å². The summed E-state index contributed by atoms with van der Waals surface area (Å²) in [5, 5.41) is 13.2. The maximum Gasteiger partial charge on any atom is 0.0517 e. The zero-order valence-corrected chi connectivity index (χ0v) is 15.9. The van der Waals surface area contributed by atoms with Crippen molar-refractivity contribution in [3.8, 4) is 0 Å². The van der Waals surface area contributed by atoms with E-state index in [1.807, 2.05) is 6.92 Å². The number of likely N-dealkylation sites (N-methyl/N-ethyl adjacent to an activating group) is 1. The van der Waals surface area contributed by atoms with Crippen molar-refractivity contribution < 1.29 is 5.11 Å². The smallest absolute Gasteiger partial charge is 0.0517 e. The van der Waals surface area contributed by atoms with Gasteiger partial charge in [0.2, 0.25) is 0 Å². The standard InChI is InChI=1S/C20H35N3O/c1-5-22-10-12-23(13-11-22)19-9-7-6-8-18(19)15-21-16-20(3,4)14-17(2)24/h6-9,17,21,24H,5,10-16H2,1-4H3. The van der Waals surface area contributed by atoms with Crippen molar-refractivity contribution in [1.82, 2.24) is 10.2 Å². The summed E-state index contributed by atoms with van der Waals surface area (Å²) in [5.41, 5.74) is 2.85. The van der Waals surface area contributed by atoms with Crippen molar-refractivity contribution in [1.29, 1.82) is 0 Å². The summed E-state index contributed by atoms with van der Waals surface area (Å²) in [6, 6.07) is 8.75. The Kier molecular flexibility index (Phi) is 7.08. The first-order chi connectivity index (χ1) is 11.4. The first kappa shape index (κ1) is 19.2. The monoisotopic (exact) mass is 333 g/mol. The number of nitrogens with zero attached hydrogens (tertiary/aromatic N) is 2. The minimum absolute atomic E-state index is 0.107. The summed E-state index contributed by atoms with van der Waals surface area (Å²) >= 11 is 0. The van der Waals surface area contributed by atoms with Crippen LogP contribution in [0.3, 0.4) is 0 Å². The fourth-order valence-electron chi connectivity index (χ4n) is 3.68. The average molecular weight is 334 g/mol. The summed E-state index contributed by atoms with van der Waals surface area (Å²) in [7, 11) is 0. The molecule has 0 aromatic heterocycles. The van der Waals surface area contributed by atoms with E-state index in [4.69, 9.17) is 0 Å². The molecule has 1 atom stereocenters. The van der Waals surface area contributed by atoms with Gasteiger partial charge in [-0.1, -0.05) is 39.0 Å². The number of benzene rings is 1. The van der Waals surface area contributed by atoms with Crippen molar-refractivity contribution in [3.05, 3.63) is 29.8 Å². The highest BCUT2D eigenvalue weighted by Gasteiger charge is 2.21. The van der Waals surface area contributed by atoms with Crippen LogP contribution in [0.1, 0.15) is 39.7 Å². The van der Waals surface area contributed by atoms with E-state index < -0.39 is 0 Å². The molecule has 24 heavy (non-hydrogen) atoms. The lowest BCUT2D eigenvalue weighted by atomic mass is 9.87. The van der Waals surface area contributed by atoms with Gasteiger partial charge >= 0.3 is 0 Å². The highest BCUT2D eigenvalue weighted by molar-refractivity contribution is 5.54. The zero-order valence-electron chi connectivity index (χ0n) is 15.9. The molecule has 0 amide bonds. The Bertz CT molecular complexity index is 493. The summed E-state index contributed by atoms with van der Waals surface area (Å²) in [5.74, 6) is 0. The molecule has 1 heterocycles. The maximum atomic E-state index is 9.62. The van der Waals surface area contributed by atoms with Crippen molar-refractivity contribution in [2.45, 2.75) is 46.8 Å². The summed E-state index contributed by atoms with van der Waals surface area (Å²) in [6.45, 7) is 16.0. The van der Waals surface area contributed by atoms with E-state index in [0.717, 1.165) is 52.2 Å². The van der Waals surface area contributed by atoms with Gasteiger partial charge in [0.05, 0.1) is 6.10 Å². The third-order valence-electron chi connectivity index (χ3n) is 4.92. The second-order valence-corrected chi connectivity index (χ2v) is 7.87. The van der Waals surface area contributed by atoms with Crippen LogP contribution in [0, 0.1) is 5.41 Å². The van der Waals surface area contributed by atoms with Gasteiger partial charge in [-0.05, 0) is 36.9 Å². The van der Waals surface area contributed by atoms with Gasteiger partial charge < -0.3 is 20.2 Å². The predicted octanol–water partition coefficient (Wildman–Crippen LogP) is 2.72. The molecule has 0 spiro atoms. The Balaban J connectivity index is 1.92. The molecule has 1 aromatic rings. The summed E-state index contributed by atoms with van der Waals surface area (Å²) < 4.78 is 0. The lowest BCUT2D eigenvalue weighted by molar-refractivity contribution is 0.128. The number of rotatable bonds is 8. The van der Waals surface area contributed by atoms with Crippen LogP contribution < -0.4 is 10.2 Å². The van der Waals surface area contributed by atoms with E-state index in [1.165, 1.54) is 11.3 Å². The van der Waals surface area contributed by atoms with Gasteiger partial charge in [0.15, 0.2) is 0 Å². The molecule has 1 saturated heterocycles. The third-order valence-corrected chi connectivity index (χ3v) is 4.92. The van der Waals surface area contributed by atoms with Gasteiger partial charge in [-0.2, -0.15) is 0 Å². The molecule has 136 valence electrons. The van der Waals surface area contributed by atoms with E-state index in [-0.39, 0.29) is 11.5 Å². The quantitative estimate of drug-likeness (QED) is 0.767. The Hall–Kier alpha value is -1.10. The number of piperazine rings is 1. The first-order valence-corrected chi connectivity index (χ1v) is 9.35. The van der Waals surface area contributed by atoms with Crippen LogP contribution in [0.25, 0.3) is 0 Å². The molecule has 1 aliphatic heterocycles. The minimum atomic E-state index is -0.246. The minimum Gasteiger partial charge on any atom is -0.393 e. The van der Waals surface area contributed by atoms with Gasteiger partial charge in [0.1, 0.15) is 0 Å². The largest absolute Gasteiger partial charge is 0.393 e. The van der Waals surface area contributed by atoms with Crippen LogP contribution in [0.15, 0.2) is 24.3 Å². The van der Waals surface area contributed by atoms with Gasteiger partial charge in [-0.3, -0.25) is 0 Å². The van der Waals surface area contributed by atoms with E-state index >= 15 is 0 Å². The number of aliphatic hydroxyl groups is 1. The van der Waals surface area contributed by atoms with E-state index in [2.05, 4.69) is 60.2 Å². The van der Waals surface area contributed by atoms with E-state index in [9.17, 15) is 5.11 Å². The topological polar surface area (TPSA) is 38.7 Å². The van der Waals surface area contributed by atoms with E-state index in [0.29, 0.717) is 0 Å². The average Bonchev–Trinajstić information content (AvgIpc) is 2.54. The maximum absolute atomic E-state index is 9.62. The molecule has 2 rings (SSSR count). The number of hydrogen-bond acceptors (Lipinski definition) is 4. The van der Waals surface area contributed by atoms with Crippen molar-refractivity contribution >= 4 is 5.69 Å². The second-order valence-electron chi connectivity index (χ2n) is 7.87. The van der Waals surface area contributed by atoms with Crippen molar-refractivity contribution in [3.63, 3.8) is 0 Å². The molecule has 4 heteroatoms. The SMILES string of the molecule is CCN1CCN(c2ccccc2CNCC(C)(C)CC(C)O)CC1. The molecule has 0 bridgehead atoms. The molecule has 1 aromatic carbocycles. The van der Waals surface area contributed by atoms with Crippen LogP contribution in [-0.4, -0.2) is 55.4 Å². The molecule has 2 N–H and O–H groups in total. The lowest BCUT2D eigenvalue weighted by Gasteiger charge is -2.36. The molecule has 0 radical (unpaired) electrons. The molecular formula is C20H35N3O. The fourth-order valence-corrected chi connectivity index (χ4v) is 3.68. The van der Waals surface area contributed by atoms with Crippen LogP contribution >= 0.6 is 0 Å². The molecule has 1 fully saturated rings. The highest BCUT2D eigenvalue weighted by Crippen LogP contribution is 2.24. The van der Waals surface area contributed by atoms with Crippen LogP contribution in [0.2, 0.25) is 0 Å². The van der Waals surface area contributed by atoms with Crippen LogP contribution in [-0.2, 0) is 6.54 Å². The second kappa shape index (κ2) is 8.84. The zero-order chi connectivity index (χ0) is 17.6. The number of anilines is 1. The normalized spacial score (nSPS) is 18.0. The van der Waals surface area contributed by atoms with Gasteiger partial charge in [-0.15, -0.1) is 0 Å². The predicted molar refractivity (Wildman–Crippen MR) is 103 cm³/mol. The molecule has 4 nitrogen and oxygen atoms in total. The number of nitrogens with one attached hydrogen (secondary N) is 1. The van der Waals surface area contributed by atoms with Crippen LogP contribution in [0.4, 0.5) is 5.69 Å². The third kappa shape index (κ3) is 5.76. The number of aliphatic hydroxyl groups excluding tert-OH is 1. The molecule has 1 unspecified atom stereocenters. The Labute approximate surface area is 147 Å². The Morgan fingerprint density at radius 3 is 2.46 bits per heavy atom. The summed E-state index contributed by atoms with van der Waals surface area (Å²) in [6.07, 6.45) is 0.574. The van der Waals surface area contributed by atoms with Gasteiger partial charge in [0, 0.05) is 45.0 Å². The van der Waals surface area contributed by atoms with Crippen molar-refractivity contribution in [2.75, 3.05) is 44.2 Å². The van der Waals surface area contributed by atoms with Gasteiger partial charge in [-0.25, -0.2) is 0 Å². The fraction of sp³-hybridized carbons (Fsp3) is 0.700. The van der Waals surface area contributed by atoms with Gasteiger partial charge in [0.25, 0.3) is 0 Å². The highest BCUT2D eigenvalue weighted by atomic mass is 16.3. The lowest BCUT2D eigenvalue weighted by Crippen LogP contribution is -2.46. The first-order valence-electron chi connectivity index (χ1n) is 9.35. The van der Waals surface area contributed by atoms with Crippen molar-refractivity contribution in [2.24, 2.45) is 5.41 Å². The molecule has 0 saturated carbocycles. The number of hydrogen-bond donors (Lipinski definition) is 2. The number of para-hydroxylation sites is 1. The Morgan fingerprint density at radius 2 is 1.83 bits per heavy atom.